The Morgan fingerprint density at radius 3 is 3.12 bits per heavy atom. The van der Waals surface area contributed by atoms with Crippen LogP contribution in [-0.4, -0.2) is 43.4 Å². The van der Waals surface area contributed by atoms with E-state index >= 15 is 0 Å². The van der Waals surface area contributed by atoms with Crippen LogP contribution in [0.15, 0.2) is 11.6 Å². The van der Waals surface area contributed by atoms with E-state index in [-0.39, 0.29) is 29.9 Å². The molecule has 1 aromatic rings. The van der Waals surface area contributed by atoms with Crippen LogP contribution in [0.3, 0.4) is 0 Å². The van der Waals surface area contributed by atoms with Crippen molar-refractivity contribution in [2.75, 3.05) is 23.4 Å². The van der Waals surface area contributed by atoms with Crippen LogP contribution in [0.4, 0.5) is 5.13 Å². The lowest BCUT2D eigenvalue weighted by Crippen LogP contribution is -2.46. The highest BCUT2D eigenvalue weighted by Crippen LogP contribution is 2.12. The molecule has 1 atom stereocenters. The third-order valence-corrected chi connectivity index (χ3v) is 4.84. The number of rotatable bonds is 3. The number of hydrogen-bond donors (Lipinski definition) is 2. The summed E-state index contributed by atoms with van der Waals surface area (Å²) in [5, 5.41) is 7.96. The van der Waals surface area contributed by atoms with Crippen LogP contribution in [-0.2, 0) is 14.6 Å². The van der Waals surface area contributed by atoms with Gasteiger partial charge in [-0.3, -0.25) is 4.79 Å². The second kappa shape index (κ2) is 5.11. The highest BCUT2D eigenvalue weighted by Gasteiger charge is 2.26. The highest BCUT2D eigenvalue weighted by atomic mass is 32.2. The molecule has 1 amide bonds. The molecular weight excluding hydrogens is 262 g/mol. The molecule has 1 aromatic heterocycles. The van der Waals surface area contributed by atoms with Crippen LogP contribution in [0.1, 0.15) is 6.42 Å². The van der Waals surface area contributed by atoms with Crippen molar-refractivity contribution in [1.29, 1.82) is 0 Å². The number of sulfone groups is 1. The van der Waals surface area contributed by atoms with Crippen LogP contribution in [0.2, 0.25) is 0 Å². The van der Waals surface area contributed by atoms with Crippen LogP contribution >= 0.6 is 11.3 Å². The van der Waals surface area contributed by atoms with Gasteiger partial charge in [-0.25, -0.2) is 13.4 Å². The van der Waals surface area contributed by atoms with E-state index in [0.717, 1.165) is 0 Å². The first-order valence-corrected chi connectivity index (χ1v) is 7.88. The second-order valence-electron chi connectivity index (χ2n) is 3.85. The number of amides is 1. The van der Waals surface area contributed by atoms with Gasteiger partial charge in [0.15, 0.2) is 15.0 Å². The van der Waals surface area contributed by atoms with Gasteiger partial charge in [0.05, 0.1) is 11.5 Å². The number of carbonyl (C=O) groups excluding carboxylic acids is 1. The smallest absolute Gasteiger partial charge is 0.227 e. The van der Waals surface area contributed by atoms with E-state index in [4.69, 9.17) is 0 Å². The number of anilines is 1. The first kappa shape index (κ1) is 12.5. The van der Waals surface area contributed by atoms with Crippen LogP contribution in [0.5, 0.6) is 0 Å². The van der Waals surface area contributed by atoms with Gasteiger partial charge in [-0.05, 0) is 0 Å². The first-order valence-electron chi connectivity index (χ1n) is 5.18. The summed E-state index contributed by atoms with van der Waals surface area (Å²) in [5.41, 5.74) is 0. The van der Waals surface area contributed by atoms with Gasteiger partial charge >= 0.3 is 0 Å². The molecule has 2 heterocycles. The first-order chi connectivity index (χ1) is 8.05. The van der Waals surface area contributed by atoms with Crippen LogP contribution in [0.25, 0.3) is 0 Å². The summed E-state index contributed by atoms with van der Waals surface area (Å²) in [5.74, 6) is -0.0369. The van der Waals surface area contributed by atoms with Gasteiger partial charge in [-0.1, -0.05) is 0 Å². The number of hydrogen-bond acceptors (Lipinski definition) is 6. The molecule has 1 unspecified atom stereocenters. The van der Waals surface area contributed by atoms with E-state index < -0.39 is 9.84 Å². The topological polar surface area (TPSA) is 88.2 Å². The summed E-state index contributed by atoms with van der Waals surface area (Å²) in [4.78, 5) is 15.5. The molecule has 17 heavy (non-hydrogen) atoms. The predicted molar refractivity (Wildman–Crippen MR) is 65.8 cm³/mol. The minimum atomic E-state index is -3.00. The summed E-state index contributed by atoms with van der Waals surface area (Å²) in [6, 6.07) is -0.297. The number of carbonyl (C=O) groups is 1. The molecule has 1 aliphatic rings. The minimum absolute atomic E-state index is 0.0261. The SMILES string of the molecule is O=C(CC1CS(=O)(=O)CCN1)Nc1nccs1. The standard InChI is InChI=1S/C9H13N3O3S2/c13-8(12-9-11-1-3-16-9)5-7-6-17(14,15)4-2-10-7/h1,3,7,10H,2,4-6H2,(H,11,12,13). The molecule has 2 rings (SSSR count). The van der Waals surface area contributed by atoms with Gasteiger partial charge in [0.1, 0.15) is 0 Å². The monoisotopic (exact) mass is 275 g/mol. The van der Waals surface area contributed by atoms with Crippen molar-refractivity contribution in [2.24, 2.45) is 0 Å². The van der Waals surface area contributed by atoms with Crippen molar-refractivity contribution in [3.8, 4) is 0 Å². The number of thiazole rings is 1. The largest absolute Gasteiger partial charge is 0.311 e. The summed E-state index contributed by atoms with van der Waals surface area (Å²) >= 11 is 1.33. The molecule has 0 aromatic carbocycles. The molecule has 2 N–H and O–H groups in total. The summed E-state index contributed by atoms with van der Waals surface area (Å²) < 4.78 is 22.8. The Bertz CT molecular complexity index is 484. The lowest BCUT2D eigenvalue weighted by Gasteiger charge is -2.22. The van der Waals surface area contributed by atoms with Gasteiger partial charge in [0.25, 0.3) is 0 Å². The fourth-order valence-electron chi connectivity index (χ4n) is 1.68. The molecule has 94 valence electrons. The highest BCUT2D eigenvalue weighted by molar-refractivity contribution is 7.91. The zero-order chi connectivity index (χ0) is 12.3. The molecule has 8 heteroatoms. The number of aromatic nitrogens is 1. The Morgan fingerprint density at radius 2 is 2.47 bits per heavy atom. The molecule has 1 fully saturated rings. The Kier molecular flexibility index (Phi) is 3.75. The Morgan fingerprint density at radius 1 is 1.65 bits per heavy atom. The van der Waals surface area contributed by atoms with E-state index in [1.54, 1.807) is 11.6 Å². The summed E-state index contributed by atoms with van der Waals surface area (Å²) in [6.45, 7) is 0.414. The molecule has 6 nitrogen and oxygen atoms in total. The third kappa shape index (κ3) is 3.76. The van der Waals surface area contributed by atoms with E-state index in [9.17, 15) is 13.2 Å². The summed E-state index contributed by atoms with van der Waals surface area (Å²) in [6.07, 6.45) is 1.75. The average Bonchev–Trinajstić information content (AvgIpc) is 2.68. The Labute approximate surface area is 103 Å². The fraction of sp³-hybridized carbons (Fsp3) is 0.556. The average molecular weight is 275 g/mol. The van der Waals surface area contributed by atoms with Gasteiger partial charge in [-0.2, -0.15) is 0 Å². The maximum atomic E-state index is 11.6. The van der Waals surface area contributed by atoms with Crippen molar-refractivity contribution < 1.29 is 13.2 Å². The molecule has 1 aliphatic heterocycles. The molecule has 1 saturated heterocycles. The zero-order valence-electron chi connectivity index (χ0n) is 9.05. The van der Waals surface area contributed by atoms with E-state index in [1.165, 1.54) is 11.3 Å². The van der Waals surface area contributed by atoms with Crippen molar-refractivity contribution >= 4 is 32.2 Å². The van der Waals surface area contributed by atoms with Gasteiger partial charge in [0, 0.05) is 30.6 Å². The van der Waals surface area contributed by atoms with Gasteiger partial charge in [0.2, 0.25) is 5.91 Å². The molecule has 0 bridgehead atoms. The quantitative estimate of drug-likeness (QED) is 0.801. The molecule has 0 saturated carbocycles. The van der Waals surface area contributed by atoms with Crippen molar-refractivity contribution in [1.82, 2.24) is 10.3 Å². The molecule has 0 aliphatic carbocycles. The maximum absolute atomic E-state index is 11.6. The van der Waals surface area contributed by atoms with Crippen LogP contribution < -0.4 is 10.6 Å². The third-order valence-electron chi connectivity index (χ3n) is 2.41. The minimum Gasteiger partial charge on any atom is -0.311 e. The molecule has 0 spiro atoms. The lowest BCUT2D eigenvalue weighted by atomic mass is 10.2. The maximum Gasteiger partial charge on any atom is 0.227 e. The molecular formula is C9H13N3O3S2. The van der Waals surface area contributed by atoms with Gasteiger partial charge < -0.3 is 10.6 Å². The van der Waals surface area contributed by atoms with Crippen molar-refractivity contribution in [3.63, 3.8) is 0 Å². The molecule has 0 radical (unpaired) electrons. The number of nitrogens with zero attached hydrogens (tertiary/aromatic N) is 1. The summed E-state index contributed by atoms with van der Waals surface area (Å²) in [7, 11) is -3.00. The van der Waals surface area contributed by atoms with E-state index in [0.29, 0.717) is 11.7 Å². The Balaban J connectivity index is 1.86. The zero-order valence-corrected chi connectivity index (χ0v) is 10.7. The van der Waals surface area contributed by atoms with E-state index in [1.807, 2.05) is 0 Å². The lowest BCUT2D eigenvalue weighted by molar-refractivity contribution is -0.116. The second-order valence-corrected chi connectivity index (χ2v) is 6.98. The van der Waals surface area contributed by atoms with Crippen molar-refractivity contribution in [3.05, 3.63) is 11.6 Å². The van der Waals surface area contributed by atoms with E-state index in [2.05, 4.69) is 15.6 Å². The number of nitrogens with one attached hydrogen (secondary N) is 2. The normalized spacial score (nSPS) is 23.2. The fourth-order valence-corrected chi connectivity index (χ4v) is 3.67. The van der Waals surface area contributed by atoms with Crippen molar-refractivity contribution in [2.45, 2.75) is 12.5 Å². The predicted octanol–water partition coefficient (Wildman–Crippen LogP) is -0.142. The Hall–Kier alpha value is -0.990. The van der Waals surface area contributed by atoms with Crippen LogP contribution in [0, 0.1) is 0 Å². The van der Waals surface area contributed by atoms with Gasteiger partial charge in [-0.15, -0.1) is 11.3 Å².